The molecule has 0 bridgehead atoms. The summed E-state index contributed by atoms with van der Waals surface area (Å²) in [5.41, 5.74) is 1.72. The van der Waals surface area contributed by atoms with E-state index in [1.54, 1.807) is 35.2 Å². The topological polar surface area (TPSA) is 37.4 Å². The van der Waals surface area contributed by atoms with Crippen molar-refractivity contribution in [2.24, 2.45) is 0 Å². The lowest BCUT2D eigenvalue weighted by molar-refractivity contribution is -0.117. The third-order valence-corrected chi connectivity index (χ3v) is 3.84. The summed E-state index contributed by atoms with van der Waals surface area (Å²) >= 11 is 6.04. The molecule has 2 aromatic carbocycles. The first kappa shape index (κ1) is 13.8. The molecule has 0 aromatic heterocycles. The molecule has 1 amide bonds. The van der Waals surface area contributed by atoms with E-state index in [2.05, 4.69) is 0 Å². The minimum absolute atomic E-state index is 0.0550. The van der Waals surface area contributed by atoms with Gasteiger partial charge in [-0.2, -0.15) is 0 Å². The Balaban J connectivity index is 2.07. The molecule has 21 heavy (non-hydrogen) atoms. The van der Waals surface area contributed by atoms with Crippen molar-refractivity contribution in [3.63, 3.8) is 0 Å². The van der Waals surface area contributed by atoms with Crippen molar-refractivity contribution in [1.82, 2.24) is 0 Å². The number of hydrogen-bond donors (Lipinski definition) is 0. The van der Waals surface area contributed by atoms with Crippen LogP contribution in [0.1, 0.15) is 28.8 Å². The quantitative estimate of drug-likeness (QED) is 0.810. The van der Waals surface area contributed by atoms with Gasteiger partial charge in [0.2, 0.25) is 5.91 Å². The van der Waals surface area contributed by atoms with Crippen molar-refractivity contribution in [3.05, 3.63) is 64.7 Å². The van der Waals surface area contributed by atoms with Gasteiger partial charge in [0.1, 0.15) is 0 Å². The molecule has 0 spiro atoms. The molecule has 3 rings (SSSR count). The van der Waals surface area contributed by atoms with E-state index in [-0.39, 0.29) is 11.7 Å². The van der Waals surface area contributed by atoms with E-state index >= 15 is 0 Å². The van der Waals surface area contributed by atoms with Crippen LogP contribution in [0.3, 0.4) is 0 Å². The first-order valence-corrected chi connectivity index (χ1v) is 7.24. The summed E-state index contributed by atoms with van der Waals surface area (Å²) in [6.07, 6.45) is 1.35. The largest absolute Gasteiger partial charge is 0.312 e. The van der Waals surface area contributed by atoms with Gasteiger partial charge in [0, 0.05) is 29.1 Å². The summed E-state index contributed by atoms with van der Waals surface area (Å²) in [6.45, 7) is 0.648. The summed E-state index contributed by atoms with van der Waals surface area (Å²) in [6, 6.07) is 14.1. The van der Waals surface area contributed by atoms with Gasteiger partial charge in [-0.1, -0.05) is 41.9 Å². The number of ketones is 1. The number of hydrogen-bond acceptors (Lipinski definition) is 2. The van der Waals surface area contributed by atoms with Crippen molar-refractivity contribution in [1.29, 1.82) is 0 Å². The minimum Gasteiger partial charge on any atom is -0.312 e. The Hall–Kier alpha value is -2.13. The Morgan fingerprint density at radius 1 is 1.10 bits per heavy atom. The van der Waals surface area contributed by atoms with Crippen LogP contribution in [0.4, 0.5) is 5.69 Å². The Morgan fingerprint density at radius 2 is 1.86 bits per heavy atom. The van der Waals surface area contributed by atoms with Crippen molar-refractivity contribution < 1.29 is 9.59 Å². The van der Waals surface area contributed by atoms with E-state index in [4.69, 9.17) is 11.6 Å². The summed E-state index contributed by atoms with van der Waals surface area (Å²) < 4.78 is 0. The maximum Gasteiger partial charge on any atom is 0.227 e. The molecule has 0 aliphatic carbocycles. The Bertz CT molecular complexity index is 697. The van der Waals surface area contributed by atoms with Gasteiger partial charge in [0.15, 0.2) is 5.78 Å². The number of nitrogens with zero attached hydrogens (tertiary/aromatic N) is 1. The van der Waals surface area contributed by atoms with Crippen LogP contribution in [0.15, 0.2) is 48.5 Å². The maximum absolute atomic E-state index is 12.7. The summed E-state index contributed by atoms with van der Waals surface area (Å²) in [7, 11) is 0. The molecule has 1 fully saturated rings. The first-order valence-electron chi connectivity index (χ1n) is 6.86. The zero-order valence-electron chi connectivity index (χ0n) is 11.4. The lowest BCUT2D eigenvalue weighted by Crippen LogP contribution is -2.25. The lowest BCUT2D eigenvalue weighted by Gasteiger charge is -2.19. The molecule has 0 unspecified atom stereocenters. The highest BCUT2D eigenvalue weighted by Gasteiger charge is 2.26. The number of benzene rings is 2. The van der Waals surface area contributed by atoms with Crippen LogP contribution in [-0.4, -0.2) is 18.2 Å². The second-order valence-corrected chi connectivity index (χ2v) is 5.44. The van der Waals surface area contributed by atoms with Crippen LogP contribution in [0.5, 0.6) is 0 Å². The van der Waals surface area contributed by atoms with E-state index < -0.39 is 0 Å². The fourth-order valence-electron chi connectivity index (χ4n) is 2.57. The standard InChI is InChI=1S/C17H14ClNO2/c18-13-8-9-15(19-10-4-7-16(19)20)14(11-13)17(21)12-5-2-1-3-6-12/h1-3,5-6,8-9,11H,4,7,10H2. The van der Waals surface area contributed by atoms with E-state index in [1.807, 2.05) is 18.2 Å². The van der Waals surface area contributed by atoms with Crippen molar-refractivity contribution in [3.8, 4) is 0 Å². The van der Waals surface area contributed by atoms with Crippen LogP contribution in [0, 0.1) is 0 Å². The first-order chi connectivity index (χ1) is 10.2. The van der Waals surface area contributed by atoms with Crippen LogP contribution in [0.25, 0.3) is 0 Å². The molecule has 106 valence electrons. The van der Waals surface area contributed by atoms with Gasteiger partial charge in [-0.15, -0.1) is 0 Å². The molecule has 2 aromatic rings. The number of carbonyl (C=O) groups is 2. The summed E-state index contributed by atoms with van der Waals surface area (Å²) in [4.78, 5) is 26.3. The number of rotatable bonds is 3. The van der Waals surface area contributed by atoms with Gasteiger partial charge in [0.05, 0.1) is 5.69 Å². The summed E-state index contributed by atoms with van der Waals surface area (Å²) in [5.74, 6) is -0.0627. The number of halogens is 1. The van der Waals surface area contributed by atoms with Gasteiger partial charge in [-0.25, -0.2) is 0 Å². The van der Waals surface area contributed by atoms with Gasteiger partial charge in [0.25, 0.3) is 0 Å². The predicted molar refractivity (Wildman–Crippen MR) is 82.9 cm³/mol. The van der Waals surface area contributed by atoms with Crippen molar-refractivity contribution in [2.45, 2.75) is 12.8 Å². The van der Waals surface area contributed by atoms with E-state index in [0.29, 0.717) is 34.8 Å². The molecule has 1 heterocycles. The van der Waals surface area contributed by atoms with Crippen LogP contribution >= 0.6 is 11.6 Å². The fraction of sp³-hybridized carbons (Fsp3) is 0.176. The van der Waals surface area contributed by atoms with Crippen LogP contribution in [-0.2, 0) is 4.79 Å². The SMILES string of the molecule is O=C(c1ccccc1)c1cc(Cl)ccc1N1CCCC1=O. The maximum atomic E-state index is 12.7. The average Bonchev–Trinajstić information content (AvgIpc) is 2.93. The Morgan fingerprint density at radius 3 is 2.52 bits per heavy atom. The minimum atomic E-state index is -0.118. The third-order valence-electron chi connectivity index (χ3n) is 3.60. The normalized spacial score (nSPS) is 14.5. The van der Waals surface area contributed by atoms with Gasteiger partial charge in [-0.3, -0.25) is 9.59 Å². The highest BCUT2D eigenvalue weighted by molar-refractivity contribution is 6.31. The molecule has 0 N–H and O–H groups in total. The Kier molecular flexibility index (Phi) is 3.76. The lowest BCUT2D eigenvalue weighted by atomic mass is 10.0. The van der Waals surface area contributed by atoms with Crippen molar-refractivity contribution >= 4 is 29.0 Å². The monoisotopic (exact) mass is 299 g/mol. The molecule has 1 aliphatic rings. The van der Waals surface area contributed by atoms with E-state index in [1.165, 1.54) is 0 Å². The fourth-order valence-corrected chi connectivity index (χ4v) is 2.75. The number of anilines is 1. The molecule has 0 saturated carbocycles. The number of carbonyl (C=O) groups excluding carboxylic acids is 2. The predicted octanol–water partition coefficient (Wildman–Crippen LogP) is 3.70. The summed E-state index contributed by atoms with van der Waals surface area (Å²) in [5, 5.41) is 0.490. The second-order valence-electron chi connectivity index (χ2n) is 5.01. The molecular weight excluding hydrogens is 286 g/mol. The average molecular weight is 300 g/mol. The molecule has 0 radical (unpaired) electrons. The van der Waals surface area contributed by atoms with Crippen molar-refractivity contribution in [2.75, 3.05) is 11.4 Å². The second kappa shape index (κ2) is 5.70. The van der Waals surface area contributed by atoms with Gasteiger partial charge in [-0.05, 0) is 24.6 Å². The van der Waals surface area contributed by atoms with Gasteiger partial charge >= 0.3 is 0 Å². The zero-order valence-corrected chi connectivity index (χ0v) is 12.1. The van der Waals surface area contributed by atoms with E-state index in [9.17, 15) is 9.59 Å². The molecule has 0 atom stereocenters. The highest BCUT2D eigenvalue weighted by atomic mass is 35.5. The van der Waals surface area contributed by atoms with E-state index in [0.717, 1.165) is 6.42 Å². The van der Waals surface area contributed by atoms with Gasteiger partial charge < -0.3 is 4.90 Å². The smallest absolute Gasteiger partial charge is 0.227 e. The molecule has 4 heteroatoms. The van der Waals surface area contributed by atoms with Crippen LogP contribution in [0.2, 0.25) is 5.02 Å². The molecule has 1 aliphatic heterocycles. The number of amides is 1. The molecular formula is C17H14ClNO2. The zero-order chi connectivity index (χ0) is 14.8. The van der Waals surface area contributed by atoms with Crippen LogP contribution < -0.4 is 4.90 Å². The molecule has 3 nitrogen and oxygen atoms in total. The molecule has 1 saturated heterocycles. The third kappa shape index (κ3) is 2.69. The Labute approximate surface area is 128 Å². The highest BCUT2D eigenvalue weighted by Crippen LogP contribution is 2.29.